The number of hydrogen-bond acceptors (Lipinski definition) is 2. The molecule has 0 aliphatic heterocycles. The van der Waals surface area contributed by atoms with Crippen LogP contribution in [0.2, 0.25) is 0 Å². The Hall–Kier alpha value is -1.77. The van der Waals surface area contributed by atoms with Crippen molar-refractivity contribution in [3.63, 3.8) is 0 Å². The van der Waals surface area contributed by atoms with Gasteiger partial charge in [-0.05, 0) is 48.6 Å². The summed E-state index contributed by atoms with van der Waals surface area (Å²) in [5.74, 6) is 1.98. The standard InChI is InChI=1S/C17H22N2O/c1-11-7-8-14(9-12(11)2)19-16(18)10-13-5-3-4-6-15(13)17(19)20/h3-6,10-12,14H,7-9,18H2,1-2H3. The van der Waals surface area contributed by atoms with Gasteiger partial charge in [0.05, 0.1) is 0 Å². The molecule has 1 saturated carbocycles. The fourth-order valence-corrected chi connectivity index (χ4v) is 3.42. The van der Waals surface area contributed by atoms with Crippen molar-refractivity contribution in [1.29, 1.82) is 0 Å². The molecule has 3 heteroatoms. The normalized spacial score (nSPS) is 26.8. The molecule has 2 N–H and O–H groups in total. The highest BCUT2D eigenvalue weighted by Gasteiger charge is 2.27. The lowest BCUT2D eigenvalue weighted by atomic mass is 9.79. The molecule has 3 rings (SSSR count). The second-order valence-electron chi connectivity index (χ2n) is 6.25. The zero-order valence-electron chi connectivity index (χ0n) is 12.2. The quantitative estimate of drug-likeness (QED) is 0.861. The Labute approximate surface area is 119 Å². The van der Waals surface area contributed by atoms with Crippen LogP contribution in [0.3, 0.4) is 0 Å². The Balaban J connectivity index is 2.10. The molecule has 1 aliphatic carbocycles. The number of hydrogen-bond donors (Lipinski definition) is 1. The van der Waals surface area contributed by atoms with Crippen LogP contribution in [0.1, 0.15) is 39.2 Å². The highest BCUT2D eigenvalue weighted by Crippen LogP contribution is 2.36. The molecule has 106 valence electrons. The van der Waals surface area contributed by atoms with Crippen LogP contribution in [-0.2, 0) is 0 Å². The van der Waals surface area contributed by atoms with Gasteiger partial charge < -0.3 is 5.73 Å². The molecule has 3 unspecified atom stereocenters. The number of nitrogen functional groups attached to an aromatic ring is 1. The first-order valence-corrected chi connectivity index (χ1v) is 7.47. The summed E-state index contributed by atoms with van der Waals surface area (Å²) in [6, 6.07) is 9.87. The van der Waals surface area contributed by atoms with Gasteiger partial charge in [-0.3, -0.25) is 9.36 Å². The van der Waals surface area contributed by atoms with Crippen LogP contribution in [0.5, 0.6) is 0 Å². The van der Waals surface area contributed by atoms with E-state index in [2.05, 4.69) is 13.8 Å². The third-order valence-corrected chi connectivity index (χ3v) is 4.93. The van der Waals surface area contributed by atoms with Crippen molar-refractivity contribution in [3.05, 3.63) is 40.7 Å². The Morgan fingerprint density at radius 2 is 1.90 bits per heavy atom. The molecule has 1 aromatic heterocycles. The fourth-order valence-electron chi connectivity index (χ4n) is 3.42. The topological polar surface area (TPSA) is 48.0 Å². The van der Waals surface area contributed by atoms with E-state index in [4.69, 9.17) is 5.73 Å². The van der Waals surface area contributed by atoms with E-state index < -0.39 is 0 Å². The molecule has 3 nitrogen and oxygen atoms in total. The van der Waals surface area contributed by atoms with Gasteiger partial charge in [0.15, 0.2) is 0 Å². The molecular formula is C17H22N2O. The van der Waals surface area contributed by atoms with Gasteiger partial charge in [0, 0.05) is 11.4 Å². The molecular weight excluding hydrogens is 248 g/mol. The molecule has 0 amide bonds. The molecule has 0 bridgehead atoms. The highest BCUT2D eigenvalue weighted by molar-refractivity contribution is 5.83. The van der Waals surface area contributed by atoms with Gasteiger partial charge in [0.2, 0.25) is 0 Å². The van der Waals surface area contributed by atoms with Crippen LogP contribution in [0, 0.1) is 11.8 Å². The molecule has 1 aromatic carbocycles. The van der Waals surface area contributed by atoms with Gasteiger partial charge in [-0.15, -0.1) is 0 Å². The van der Waals surface area contributed by atoms with Crippen LogP contribution in [0.15, 0.2) is 35.1 Å². The Morgan fingerprint density at radius 3 is 2.65 bits per heavy atom. The predicted molar refractivity (Wildman–Crippen MR) is 83.8 cm³/mol. The molecule has 3 atom stereocenters. The van der Waals surface area contributed by atoms with Gasteiger partial charge in [-0.2, -0.15) is 0 Å². The zero-order chi connectivity index (χ0) is 14.3. The third-order valence-electron chi connectivity index (χ3n) is 4.93. The van der Waals surface area contributed by atoms with Gasteiger partial charge in [-0.25, -0.2) is 0 Å². The van der Waals surface area contributed by atoms with E-state index in [0.29, 0.717) is 11.7 Å². The highest BCUT2D eigenvalue weighted by atomic mass is 16.1. The minimum atomic E-state index is 0.0624. The van der Waals surface area contributed by atoms with E-state index >= 15 is 0 Å². The summed E-state index contributed by atoms with van der Waals surface area (Å²) in [7, 11) is 0. The van der Waals surface area contributed by atoms with Crippen molar-refractivity contribution in [2.45, 2.75) is 39.2 Å². The van der Waals surface area contributed by atoms with Crippen molar-refractivity contribution < 1.29 is 0 Å². The summed E-state index contributed by atoms with van der Waals surface area (Å²) < 4.78 is 1.82. The minimum Gasteiger partial charge on any atom is -0.385 e. The SMILES string of the molecule is CC1CCC(n2c(N)cc3ccccc3c2=O)CC1C. The fraction of sp³-hybridized carbons (Fsp3) is 0.471. The van der Waals surface area contributed by atoms with E-state index in [1.54, 1.807) is 0 Å². The lowest BCUT2D eigenvalue weighted by molar-refractivity contribution is 0.210. The molecule has 1 fully saturated rings. The number of anilines is 1. The monoisotopic (exact) mass is 270 g/mol. The molecule has 0 radical (unpaired) electrons. The number of benzene rings is 1. The van der Waals surface area contributed by atoms with Crippen molar-refractivity contribution >= 4 is 16.6 Å². The lowest BCUT2D eigenvalue weighted by Gasteiger charge is -2.33. The van der Waals surface area contributed by atoms with E-state index in [1.165, 1.54) is 6.42 Å². The summed E-state index contributed by atoms with van der Waals surface area (Å²) in [5, 5.41) is 1.71. The average molecular weight is 270 g/mol. The summed E-state index contributed by atoms with van der Waals surface area (Å²) in [5.41, 5.74) is 6.22. The Bertz CT molecular complexity index is 689. The van der Waals surface area contributed by atoms with E-state index in [-0.39, 0.29) is 11.6 Å². The number of aromatic nitrogens is 1. The minimum absolute atomic E-state index is 0.0624. The predicted octanol–water partition coefficient (Wildman–Crippen LogP) is 3.58. The van der Waals surface area contributed by atoms with Crippen molar-refractivity contribution in [2.24, 2.45) is 11.8 Å². The van der Waals surface area contributed by atoms with Crippen LogP contribution in [0.4, 0.5) is 5.82 Å². The maximum absolute atomic E-state index is 12.7. The molecule has 0 spiro atoms. The lowest BCUT2D eigenvalue weighted by Crippen LogP contribution is -2.32. The summed E-state index contributed by atoms with van der Waals surface area (Å²) in [6.45, 7) is 4.58. The van der Waals surface area contributed by atoms with E-state index in [1.807, 2.05) is 34.9 Å². The van der Waals surface area contributed by atoms with Crippen LogP contribution >= 0.6 is 0 Å². The number of fused-ring (bicyclic) bond motifs is 1. The van der Waals surface area contributed by atoms with Crippen LogP contribution in [0.25, 0.3) is 10.8 Å². The summed E-state index contributed by atoms with van der Waals surface area (Å²) in [6.07, 6.45) is 3.27. The largest absolute Gasteiger partial charge is 0.385 e. The molecule has 1 heterocycles. The molecule has 1 aliphatic rings. The number of nitrogens with zero attached hydrogens (tertiary/aromatic N) is 1. The van der Waals surface area contributed by atoms with Crippen molar-refractivity contribution in [1.82, 2.24) is 4.57 Å². The first kappa shape index (κ1) is 13.2. The summed E-state index contributed by atoms with van der Waals surface area (Å²) >= 11 is 0. The van der Waals surface area contributed by atoms with Gasteiger partial charge in [0.1, 0.15) is 5.82 Å². The number of rotatable bonds is 1. The van der Waals surface area contributed by atoms with Gasteiger partial charge in [-0.1, -0.05) is 32.0 Å². The molecule has 0 saturated heterocycles. The van der Waals surface area contributed by atoms with Gasteiger partial charge >= 0.3 is 0 Å². The van der Waals surface area contributed by atoms with Crippen LogP contribution < -0.4 is 11.3 Å². The second-order valence-corrected chi connectivity index (χ2v) is 6.25. The molecule has 2 aromatic rings. The first-order chi connectivity index (χ1) is 9.58. The van der Waals surface area contributed by atoms with Crippen molar-refractivity contribution in [3.8, 4) is 0 Å². The van der Waals surface area contributed by atoms with E-state index in [9.17, 15) is 4.79 Å². The average Bonchev–Trinajstić information content (AvgIpc) is 2.43. The Kier molecular flexibility index (Phi) is 3.28. The number of nitrogens with two attached hydrogens (primary N) is 1. The van der Waals surface area contributed by atoms with Crippen molar-refractivity contribution in [2.75, 3.05) is 5.73 Å². The molecule has 20 heavy (non-hydrogen) atoms. The smallest absolute Gasteiger partial charge is 0.260 e. The second kappa shape index (κ2) is 4.97. The Morgan fingerprint density at radius 1 is 1.15 bits per heavy atom. The summed E-state index contributed by atoms with van der Waals surface area (Å²) in [4.78, 5) is 12.7. The maximum atomic E-state index is 12.7. The zero-order valence-corrected chi connectivity index (χ0v) is 12.2. The maximum Gasteiger partial charge on any atom is 0.260 e. The van der Waals surface area contributed by atoms with Crippen LogP contribution in [-0.4, -0.2) is 4.57 Å². The third kappa shape index (κ3) is 2.11. The first-order valence-electron chi connectivity index (χ1n) is 7.47. The number of pyridine rings is 1. The van der Waals surface area contributed by atoms with Gasteiger partial charge in [0.25, 0.3) is 5.56 Å². The van der Waals surface area contributed by atoms with E-state index in [0.717, 1.165) is 29.5 Å².